The van der Waals surface area contributed by atoms with Crippen LogP contribution in [0.5, 0.6) is 5.75 Å². The Morgan fingerprint density at radius 3 is 2.59 bits per heavy atom. The van der Waals surface area contributed by atoms with Crippen molar-refractivity contribution in [1.29, 1.82) is 0 Å². The summed E-state index contributed by atoms with van der Waals surface area (Å²) in [6.07, 6.45) is 0. The minimum atomic E-state index is -1.12. The van der Waals surface area contributed by atoms with Gasteiger partial charge >= 0.3 is 5.97 Å². The molecule has 7 heteroatoms. The van der Waals surface area contributed by atoms with E-state index >= 15 is 0 Å². The Bertz CT molecular complexity index is 748. The molecule has 0 saturated heterocycles. The summed E-state index contributed by atoms with van der Waals surface area (Å²) in [7, 11) is 1.50. The van der Waals surface area contributed by atoms with Crippen LogP contribution in [0, 0.1) is 0 Å². The summed E-state index contributed by atoms with van der Waals surface area (Å²) >= 11 is 9.15. The van der Waals surface area contributed by atoms with Crippen molar-refractivity contribution in [1.82, 2.24) is 0 Å². The fourth-order valence-electron chi connectivity index (χ4n) is 1.79. The molecule has 0 aliphatic carbocycles. The molecule has 2 rings (SSSR count). The molecule has 0 unspecified atom stereocenters. The van der Waals surface area contributed by atoms with Gasteiger partial charge in [0, 0.05) is 15.2 Å². The van der Waals surface area contributed by atoms with Gasteiger partial charge in [-0.2, -0.15) is 0 Å². The predicted molar refractivity (Wildman–Crippen MR) is 87.1 cm³/mol. The number of carboxylic acid groups (broad SMARTS) is 1. The van der Waals surface area contributed by atoms with E-state index < -0.39 is 11.9 Å². The highest BCUT2D eigenvalue weighted by Gasteiger charge is 2.13. The fourth-order valence-corrected chi connectivity index (χ4v) is 2.45. The van der Waals surface area contributed by atoms with Crippen molar-refractivity contribution in [3.63, 3.8) is 0 Å². The Morgan fingerprint density at radius 2 is 1.95 bits per heavy atom. The van der Waals surface area contributed by atoms with Crippen LogP contribution in [0.2, 0.25) is 5.02 Å². The van der Waals surface area contributed by atoms with Gasteiger partial charge in [0.05, 0.1) is 18.2 Å². The molecule has 5 nitrogen and oxygen atoms in total. The Kier molecular flexibility index (Phi) is 5.05. The number of methoxy groups -OCH3 is 1. The van der Waals surface area contributed by atoms with Crippen molar-refractivity contribution in [3.05, 3.63) is 57.0 Å². The van der Waals surface area contributed by atoms with Crippen LogP contribution in [-0.4, -0.2) is 24.1 Å². The van der Waals surface area contributed by atoms with Crippen LogP contribution in [0.1, 0.15) is 20.7 Å². The molecule has 0 spiro atoms. The number of halogens is 2. The van der Waals surface area contributed by atoms with Crippen molar-refractivity contribution in [2.75, 3.05) is 12.4 Å². The zero-order valence-corrected chi connectivity index (χ0v) is 13.7. The molecule has 0 atom stereocenters. The topological polar surface area (TPSA) is 75.6 Å². The lowest BCUT2D eigenvalue weighted by molar-refractivity contribution is 0.0696. The van der Waals surface area contributed by atoms with Gasteiger partial charge in [-0.3, -0.25) is 4.79 Å². The molecule has 2 aromatic carbocycles. The molecule has 0 heterocycles. The third-order valence-corrected chi connectivity index (χ3v) is 3.73. The number of carbonyl (C=O) groups is 2. The molecular weight excluding hydrogens is 374 g/mol. The van der Waals surface area contributed by atoms with Gasteiger partial charge in [-0.25, -0.2) is 4.79 Å². The summed E-state index contributed by atoms with van der Waals surface area (Å²) in [5, 5.41) is 11.8. The van der Waals surface area contributed by atoms with Gasteiger partial charge in [0.1, 0.15) is 5.75 Å². The van der Waals surface area contributed by atoms with Gasteiger partial charge in [-0.1, -0.05) is 11.6 Å². The van der Waals surface area contributed by atoms with Crippen LogP contribution < -0.4 is 10.1 Å². The van der Waals surface area contributed by atoms with E-state index in [1.165, 1.54) is 25.3 Å². The zero-order chi connectivity index (χ0) is 16.3. The van der Waals surface area contributed by atoms with Crippen molar-refractivity contribution in [3.8, 4) is 5.75 Å². The average Bonchev–Trinajstić information content (AvgIpc) is 2.47. The molecule has 0 aromatic heterocycles. The molecule has 22 heavy (non-hydrogen) atoms. The molecule has 0 bridgehead atoms. The average molecular weight is 385 g/mol. The Labute approximate surface area is 140 Å². The summed E-state index contributed by atoms with van der Waals surface area (Å²) in [5.74, 6) is -1.00. The maximum absolute atomic E-state index is 12.3. The van der Waals surface area contributed by atoms with E-state index in [0.717, 1.165) is 0 Å². The predicted octanol–water partition coefficient (Wildman–Crippen LogP) is 4.06. The number of nitrogens with one attached hydrogen (secondary N) is 1. The fraction of sp³-hybridized carbons (Fsp3) is 0.0667. The number of hydrogen-bond donors (Lipinski definition) is 2. The SMILES string of the molecule is COc1ccc(Br)c(C(=O)Nc2cc(Cl)cc(C(=O)O)c2)c1. The van der Waals surface area contributed by atoms with Gasteiger partial charge < -0.3 is 15.2 Å². The maximum Gasteiger partial charge on any atom is 0.335 e. The quantitative estimate of drug-likeness (QED) is 0.833. The second-order valence-electron chi connectivity index (χ2n) is 4.33. The van der Waals surface area contributed by atoms with E-state index in [4.69, 9.17) is 21.4 Å². The first-order valence-corrected chi connectivity index (χ1v) is 7.26. The van der Waals surface area contributed by atoms with Crippen molar-refractivity contribution in [2.45, 2.75) is 0 Å². The second kappa shape index (κ2) is 6.81. The molecule has 0 aliphatic heterocycles. The first kappa shape index (κ1) is 16.3. The zero-order valence-electron chi connectivity index (χ0n) is 11.4. The summed E-state index contributed by atoms with van der Waals surface area (Å²) in [5.41, 5.74) is 0.647. The molecule has 0 aliphatic rings. The smallest absolute Gasteiger partial charge is 0.335 e. The van der Waals surface area contributed by atoms with Crippen molar-refractivity contribution < 1.29 is 19.4 Å². The minimum Gasteiger partial charge on any atom is -0.497 e. The molecule has 114 valence electrons. The van der Waals surface area contributed by atoms with E-state index in [1.807, 2.05) is 0 Å². The number of anilines is 1. The highest BCUT2D eigenvalue weighted by Crippen LogP contribution is 2.25. The lowest BCUT2D eigenvalue weighted by Gasteiger charge is -2.09. The molecule has 1 amide bonds. The second-order valence-corrected chi connectivity index (χ2v) is 5.62. The van der Waals surface area contributed by atoms with E-state index in [1.54, 1.807) is 18.2 Å². The number of carbonyl (C=O) groups excluding carboxylic acids is 1. The third kappa shape index (κ3) is 3.78. The number of ether oxygens (including phenoxy) is 1. The first-order chi connectivity index (χ1) is 10.4. The van der Waals surface area contributed by atoms with Gasteiger partial charge in [0.15, 0.2) is 0 Å². The van der Waals surface area contributed by atoms with Crippen molar-refractivity contribution in [2.24, 2.45) is 0 Å². The van der Waals surface area contributed by atoms with Crippen LogP contribution in [0.4, 0.5) is 5.69 Å². The Balaban J connectivity index is 2.31. The molecular formula is C15H11BrClNO4. The highest BCUT2D eigenvalue weighted by atomic mass is 79.9. The van der Waals surface area contributed by atoms with Gasteiger partial charge in [-0.05, 0) is 52.3 Å². The number of hydrogen-bond acceptors (Lipinski definition) is 3. The Hall–Kier alpha value is -2.05. The monoisotopic (exact) mass is 383 g/mol. The summed E-state index contributed by atoms with van der Waals surface area (Å²) in [6.45, 7) is 0. The van der Waals surface area contributed by atoms with E-state index in [2.05, 4.69) is 21.2 Å². The summed E-state index contributed by atoms with van der Waals surface area (Å²) in [6, 6.07) is 9.08. The number of rotatable bonds is 4. The van der Waals surface area contributed by atoms with Crippen LogP contribution >= 0.6 is 27.5 Å². The summed E-state index contributed by atoms with van der Waals surface area (Å²) in [4.78, 5) is 23.3. The lowest BCUT2D eigenvalue weighted by Crippen LogP contribution is -2.13. The van der Waals surface area contributed by atoms with E-state index in [-0.39, 0.29) is 10.6 Å². The molecule has 0 radical (unpaired) electrons. The molecule has 0 fully saturated rings. The van der Waals surface area contributed by atoms with E-state index in [9.17, 15) is 9.59 Å². The third-order valence-electron chi connectivity index (χ3n) is 2.82. The van der Waals surface area contributed by atoms with Gasteiger partial charge in [-0.15, -0.1) is 0 Å². The first-order valence-electron chi connectivity index (χ1n) is 6.09. The molecule has 0 saturated carbocycles. The lowest BCUT2D eigenvalue weighted by atomic mass is 10.1. The van der Waals surface area contributed by atoms with Gasteiger partial charge in [0.2, 0.25) is 0 Å². The Morgan fingerprint density at radius 1 is 1.23 bits per heavy atom. The molecule has 2 N–H and O–H groups in total. The number of benzene rings is 2. The normalized spacial score (nSPS) is 10.1. The van der Waals surface area contributed by atoms with Crippen LogP contribution in [0.3, 0.4) is 0 Å². The van der Waals surface area contributed by atoms with Crippen LogP contribution in [0.25, 0.3) is 0 Å². The van der Waals surface area contributed by atoms with Gasteiger partial charge in [0.25, 0.3) is 5.91 Å². The van der Waals surface area contributed by atoms with E-state index in [0.29, 0.717) is 21.5 Å². The van der Waals surface area contributed by atoms with Crippen molar-refractivity contribution >= 4 is 45.1 Å². The molecule has 2 aromatic rings. The summed E-state index contributed by atoms with van der Waals surface area (Å²) < 4.78 is 5.67. The van der Waals surface area contributed by atoms with Crippen LogP contribution in [0.15, 0.2) is 40.9 Å². The highest BCUT2D eigenvalue weighted by molar-refractivity contribution is 9.10. The minimum absolute atomic E-state index is 0.00694. The van der Waals surface area contributed by atoms with Crippen LogP contribution in [-0.2, 0) is 0 Å². The largest absolute Gasteiger partial charge is 0.497 e. The number of amides is 1. The maximum atomic E-state index is 12.3. The number of aromatic carboxylic acids is 1. The number of carboxylic acids is 1. The standard InChI is InChI=1S/C15H11BrClNO4/c1-22-11-2-3-13(16)12(7-11)14(19)18-10-5-8(15(20)21)4-9(17)6-10/h2-7H,1H3,(H,18,19)(H,20,21).